The normalized spacial score (nSPS) is 25.7. The van der Waals surface area contributed by atoms with Crippen molar-refractivity contribution in [2.75, 3.05) is 26.1 Å². The molecule has 0 radical (unpaired) electrons. The number of hydrogen-bond acceptors (Lipinski definition) is 13. The Kier molecular flexibility index (Phi) is 7.61. The van der Waals surface area contributed by atoms with Gasteiger partial charge in [-0.3, -0.25) is 19.2 Å². The molecule has 162 valence electrons. The van der Waals surface area contributed by atoms with Gasteiger partial charge in [-0.1, -0.05) is 5.16 Å². The van der Waals surface area contributed by atoms with Crippen molar-refractivity contribution in [3.05, 3.63) is 11.1 Å². The number of nitrogens with zero attached hydrogens (tertiary/aromatic N) is 3. The molecule has 1 aromatic heterocycles. The number of aliphatic carboxylic acids is 1. The van der Waals surface area contributed by atoms with Crippen LogP contribution < -0.4 is 45.7 Å². The third-order valence-corrected chi connectivity index (χ3v) is 5.09. The van der Waals surface area contributed by atoms with E-state index in [1.807, 2.05) is 0 Å². The van der Waals surface area contributed by atoms with Gasteiger partial charge in [0.2, 0.25) is 0 Å². The predicted molar refractivity (Wildman–Crippen MR) is 93.9 cm³/mol. The molecule has 16 heteroatoms. The second kappa shape index (κ2) is 9.46. The van der Waals surface area contributed by atoms with Crippen LogP contribution in [0.3, 0.4) is 0 Å². The second-order valence-electron chi connectivity index (χ2n) is 6.31. The molecule has 0 saturated carbocycles. The smallest absolute Gasteiger partial charge is 0.544 e. The number of aliphatic hydroxyl groups excluding tert-OH is 1. The number of carbonyl (C=O) groups is 4. The molecule has 3 heterocycles. The second-order valence-corrected chi connectivity index (χ2v) is 7.20. The topological polar surface area (TPSA) is 206 Å². The van der Waals surface area contributed by atoms with Crippen LogP contribution >= 0.6 is 11.3 Å². The van der Waals surface area contributed by atoms with Gasteiger partial charge in [0.25, 0.3) is 17.5 Å². The number of aliphatic hydroxyl groups is 1. The fourth-order valence-corrected chi connectivity index (χ4v) is 3.45. The number of rotatable bonds is 7. The molecule has 31 heavy (non-hydrogen) atoms. The first-order valence-electron chi connectivity index (χ1n) is 8.36. The van der Waals surface area contributed by atoms with E-state index in [1.165, 1.54) is 12.5 Å². The monoisotopic (exact) mass is 465 g/mol. The molecule has 2 amide bonds. The molecule has 2 aliphatic heterocycles. The van der Waals surface area contributed by atoms with Crippen LogP contribution in [0.25, 0.3) is 0 Å². The number of carboxylic acids is 1. The van der Waals surface area contributed by atoms with E-state index in [2.05, 4.69) is 20.3 Å². The Labute approximate surface area is 200 Å². The van der Waals surface area contributed by atoms with E-state index >= 15 is 0 Å². The van der Waals surface area contributed by atoms with Gasteiger partial charge in [0, 0.05) is 11.8 Å². The minimum atomic E-state index is -2.51. The molecule has 2 fully saturated rings. The number of thiazole rings is 1. The van der Waals surface area contributed by atoms with Gasteiger partial charge in [-0.15, -0.1) is 11.3 Å². The summed E-state index contributed by atoms with van der Waals surface area (Å²) in [5.74, 6) is -4.91. The predicted octanol–water partition coefficient (Wildman–Crippen LogP) is -6.52. The molecule has 4 N–H and O–H groups in total. The zero-order chi connectivity index (χ0) is 22.1. The van der Waals surface area contributed by atoms with E-state index in [0.29, 0.717) is 0 Å². The summed E-state index contributed by atoms with van der Waals surface area (Å²) in [5.41, 5.74) is 0.635. The summed E-state index contributed by atoms with van der Waals surface area (Å²) in [5, 5.41) is 29.1. The molecule has 0 bridgehead atoms. The molecule has 0 aromatic carbocycles. The Hall–Kier alpha value is -2.30. The first-order valence-corrected chi connectivity index (χ1v) is 9.24. The zero-order valence-corrected chi connectivity index (χ0v) is 19.3. The molecule has 1 aromatic rings. The number of anilines is 1. The van der Waals surface area contributed by atoms with E-state index in [-0.39, 0.29) is 57.6 Å². The van der Waals surface area contributed by atoms with Crippen LogP contribution in [0.1, 0.15) is 18.5 Å². The molecular formula is C15H16N5NaO9S. The summed E-state index contributed by atoms with van der Waals surface area (Å²) in [6.45, 7) is -1.62. The molecule has 3 rings (SSSR count). The van der Waals surface area contributed by atoms with Gasteiger partial charge < -0.3 is 35.6 Å². The van der Waals surface area contributed by atoms with Gasteiger partial charge >= 0.3 is 35.5 Å². The van der Waals surface area contributed by atoms with Crippen LogP contribution in [0.15, 0.2) is 10.5 Å². The maximum absolute atomic E-state index is 13.0. The maximum Gasteiger partial charge on any atom is 1.00 e. The zero-order valence-electron chi connectivity index (χ0n) is 16.4. The van der Waals surface area contributed by atoms with E-state index < -0.39 is 54.7 Å². The summed E-state index contributed by atoms with van der Waals surface area (Å²) in [4.78, 5) is 62.5. The van der Waals surface area contributed by atoms with Crippen molar-refractivity contribution >= 4 is 45.9 Å². The number of carboxylic acid groups (broad SMARTS) is 1. The van der Waals surface area contributed by atoms with Crippen molar-refractivity contribution in [2.45, 2.75) is 24.1 Å². The van der Waals surface area contributed by atoms with Crippen molar-refractivity contribution < 1.29 is 73.4 Å². The van der Waals surface area contributed by atoms with Crippen LogP contribution in [-0.4, -0.2) is 76.2 Å². The summed E-state index contributed by atoms with van der Waals surface area (Å²) < 4.78 is 4.78. The first kappa shape index (κ1) is 25.0. The fraction of sp³-hybridized carbons (Fsp3) is 0.467. The summed E-state index contributed by atoms with van der Waals surface area (Å²) in [6, 6.07) is 0. The first-order chi connectivity index (χ1) is 14.2. The van der Waals surface area contributed by atoms with Gasteiger partial charge in [0.15, 0.2) is 16.4 Å². The molecule has 2 aliphatic rings. The standard InChI is InChI=1S/C15H17N5O9S.Na/c1-27-19-9(7-4-30-13(16)17-7)10(23)18-14(5-21)6-28-20(11(14)24)15(12(25)26)3-2-8(22)29-15;/h4,21H,2-3,5-6H2,1H3,(H2,16,17)(H,18,23)(H,25,26);/q;+1/p-1/b19-9-;. The molecule has 0 aliphatic carbocycles. The quantitative estimate of drug-likeness (QED) is 0.149. The van der Waals surface area contributed by atoms with E-state index in [9.17, 15) is 29.4 Å². The molecule has 2 atom stereocenters. The summed E-state index contributed by atoms with van der Waals surface area (Å²) in [7, 11) is 1.18. The third kappa shape index (κ3) is 4.37. The van der Waals surface area contributed by atoms with Gasteiger partial charge in [-0.2, -0.15) is 5.06 Å². The fourth-order valence-electron chi connectivity index (χ4n) is 2.90. The van der Waals surface area contributed by atoms with Crippen LogP contribution in [0, 0.1) is 0 Å². The van der Waals surface area contributed by atoms with Gasteiger partial charge in [0.05, 0.1) is 13.0 Å². The number of nitrogens with two attached hydrogens (primary N) is 1. The van der Waals surface area contributed by atoms with Crippen LogP contribution in [0.4, 0.5) is 5.13 Å². The molecular weight excluding hydrogens is 449 g/mol. The SMILES string of the molecule is CO/N=C(\C(=O)NC1(CO)CON(C2(C(=O)[O-])CCC(=O)O2)C1=O)c1csc(N)n1.[Na+]. The third-order valence-electron chi connectivity index (χ3n) is 4.42. The molecule has 14 nitrogen and oxygen atoms in total. The Morgan fingerprint density at radius 1 is 1.52 bits per heavy atom. The van der Waals surface area contributed by atoms with Crippen molar-refractivity contribution in [3.8, 4) is 0 Å². The number of cyclic esters (lactones) is 1. The molecule has 2 unspecified atom stereocenters. The average molecular weight is 465 g/mol. The van der Waals surface area contributed by atoms with Crippen LogP contribution in [0.2, 0.25) is 0 Å². The number of esters is 1. The summed E-state index contributed by atoms with van der Waals surface area (Å²) in [6.07, 6.45) is -0.723. The van der Waals surface area contributed by atoms with Crippen molar-refractivity contribution in [2.24, 2.45) is 5.16 Å². The van der Waals surface area contributed by atoms with E-state index in [1.54, 1.807) is 0 Å². The number of carbonyl (C=O) groups excluding carboxylic acids is 4. The van der Waals surface area contributed by atoms with Crippen LogP contribution in [-0.2, 0) is 33.6 Å². The Morgan fingerprint density at radius 3 is 2.71 bits per heavy atom. The number of ether oxygens (including phenoxy) is 1. The van der Waals surface area contributed by atoms with Gasteiger partial charge in [0.1, 0.15) is 25.4 Å². The van der Waals surface area contributed by atoms with Gasteiger partial charge in [-0.05, 0) is 0 Å². The van der Waals surface area contributed by atoms with Crippen molar-refractivity contribution in [1.82, 2.24) is 15.4 Å². The van der Waals surface area contributed by atoms with Crippen molar-refractivity contribution in [3.63, 3.8) is 0 Å². The number of nitrogen functional groups attached to an aromatic ring is 1. The summed E-state index contributed by atoms with van der Waals surface area (Å²) >= 11 is 1.02. The Morgan fingerprint density at radius 2 is 2.23 bits per heavy atom. The largest absolute Gasteiger partial charge is 1.00 e. The number of nitrogens with one attached hydrogen (secondary N) is 1. The Balaban J connectivity index is 0.00000341. The molecule has 0 spiro atoms. The van der Waals surface area contributed by atoms with E-state index in [4.69, 9.17) is 15.3 Å². The van der Waals surface area contributed by atoms with Crippen LogP contribution in [0.5, 0.6) is 0 Å². The number of hydroxylamine groups is 2. The van der Waals surface area contributed by atoms with Gasteiger partial charge in [-0.25, -0.2) is 4.98 Å². The maximum atomic E-state index is 13.0. The minimum absolute atomic E-state index is 0. The average Bonchev–Trinajstić information content (AvgIpc) is 3.39. The number of hydrogen-bond donors (Lipinski definition) is 3. The van der Waals surface area contributed by atoms with Crippen molar-refractivity contribution in [1.29, 1.82) is 0 Å². The molecule has 2 saturated heterocycles. The number of aromatic nitrogens is 1. The Bertz CT molecular complexity index is 940. The minimum Gasteiger partial charge on any atom is -0.544 e. The van der Waals surface area contributed by atoms with E-state index in [0.717, 1.165) is 11.3 Å². The number of oxime groups is 1. The number of amides is 2.